The Morgan fingerprint density at radius 1 is 1.27 bits per heavy atom. The minimum atomic E-state index is -4.43. The van der Waals surface area contributed by atoms with Gasteiger partial charge in [0.2, 0.25) is 0 Å². The molecule has 0 radical (unpaired) electrons. The summed E-state index contributed by atoms with van der Waals surface area (Å²) in [6, 6.07) is 0. The van der Waals surface area contributed by atoms with Crippen LogP contribution < -0.4 is 0 Å². The van der Waals surface area contributed by atoms with Crippen molar-refractivity contribution in [3.05, 3.63) is 23.5 Å². The van der Waals surface area contributed by atoms with Crippen LogP contribution in [0, 0.1) is 0 Å². The zero-order valence-electron chi connectivity index (χ0n) is 9.43. The maximum atomic E-state index is 10.7. The van der Waals surface area contributed by atoms with E-state index < -0.39 is 7.82 Å². The predicted octanol–water partition coefficient (Wildman–Crippen LogP) is 3.14. The van der Waals surface area contributed by atoms with Gasteiger partial charge in [-0.3, -0.25) is 9.79 Å². The molecule has 0 saturated carbocycles. The molecule has 0 spiro atoms. The third-order valence-corrected chi connectivity index (χ3v) is 2.30. The molecule has 0 saturated heterocycles. The highest BCUT2D eigenvalue weighted by atomic mass is 31.2. The Morgan fingerprint density at radius 3 is 2.20 bits per heavy atom. The van der Waals surface area contributed by atoms with E-state index in [-0.39, 0.29) is 0 Å². The Balaban J connectivity index is 4.90. The van der Waals surface area contributed by atoms with Crippen LogP contribution in [0.4, 0.5) is 0 Å². The predicted molar refractivity (Wildman–Crippen MR) is 60.2 cm³/mol. The van der Waals surface area contributed by atoms with Crippen molar-refractivity contribution in [3.63, 3.8) is 0 Å². The highest BCUT2D eigenvalue weighted by molar-refractivity contribution is 7.46. The van der Waals surface area contributed by atoms with Crippen LogP contribution in [0.3, 0.4) is 0 Å². The molecule has 4 nitrogen and oxygen atoms in total. The number of hydrogen-bond donors (Lipinski definition) is 2. The van der Waals surface area contributed by atoms with E-state index in [9.17, 15) is 4.57 Å². The van der Waals surface area contributed by atoms with Gasteiger partial charge in [-0.1, -0.05) is 32.9 Å². The monoisotopic (exact) mass is 234 g/mol. The molecule has 0 bridgehead atoms. The van der Waals surface area contributed by atoms with Gasteiger partial charge in [0.05, 0.1) is 0 Å². The molecule has 0 aliphatic carbocycles. The molecule has 0 amide bonds. The second-order valence-electron chi connectivity index (χ2n) is 3.05. The Bertz CT molecular complexity index is 288. The number of allylic oxidation sites excluding steroid dienone is 4. The average molecular weight is 234 g/mol. The van der Waals surface area contributed by atoms with Gasteiger partial charge < -0.3 is 4.52 Å². The third-order valence-electron chi connectivity index (χ3n) is 1.84. The van der Waals surface area contributed by atoms with E-state index in [1.165, 1.54) is 0 Å². The van der Waals surface area contributed by atoms with Crippen LogP contribution in [0.2, 0.25) is 0 Å². The molecule has 0 aromatic carbocycles. The lowest BCUT2D eigenvalue weighted by molar-refractivity contribution is 0.236. The topological polar surface area (TPSA) is 66.8 Å². The zero-order valence-corrected chi connectivity index (χ0v) is 10.3. The van der Waals surface area contributed by atoms with Gasteiger partial charge in [-0.05, 0) is 18.4 Å². The van der Waals surface area contributed by atoms with Gasteiger partial charge in [-0.2, -0.15) is 0 Å². The van der Waals surface area contributed by atoms with Crippen LogP contribution in [0.5, 0.6) is 0 Å². The summed E-state index contributed by atoms with van der Waals surface area (Å²) in [4.78, 5) is 17.4. The van der Waals surface area contributed by atoms with E-state index in [2.05, 4.69) is 4.52 Å². The van der Waals surface area contributed by atoms with Crippen molar-refractivity contribution < 1.29 is 18.9 Å². The second-order valence-corrected chi connectivity index (χ2v) is 4.21. The van der Waals surface area contributed by atoms with Gasteiger partial charge in [-0.15, -0.1) is 0 Å². The van der Waals surface area contributed by atoms with Crippen molar-refractivity contribution in [1.82, 2.24) is 0 Å². The van der Waals surface area contributed by atoms with Crippen LogP contribution in [0.1, 0.15) is 40.0 Å². The maximum Gasteiger partial charge on any atom is 0.524 e. The summed E-state index contributed by atoms with van der Waals surface area (Å²) >= 11 is 0. The summed E-state index contributed by atoms with van der Waals surface area (Å²) in [5.74, 6) is 0.371. The maximum absolute atomic E-state index is 10.7. The first kappa shape index (κ1) is 14.4. The molecule has 0 aromatic rings. The molecular formula is C10H19O4P. The smallest absolute Gasteiger partial charge is 0.409 e. The summed E-state index contributed by atoms with van der Waals surface area (Å²) in [5.41, 5.74) is 0.836. The molecule has 5 heteroatoms. The average Bonchev–Trinajstić information content (AvgIpc) is 2.15. The molecule has 0 fully saturated rings. The van der Waals surface area contributed by atoms with E-state index in [0.29, 0.717) is 18.6 Å². The Morgan fingerprint density at radius 2 is 1.87 bits per heavy atom. The lowest BCUT2D eigenvalue weighted by atomic mass is 10.1. The van der Waals surface area contributed by atoms with E-state index in [1.807, 2.05) is 26.0 Å². The van der Waals surface area contributed by atoms with Crippen LogP contribution >= 0.6 is 7.82 Å². The molecular weight excluding hydrogens is 215 g/mol. The van der Waals surface area contributed by atoms with Crippen molar-refractivity contribution in [1.29, 1.82) is 0 Å². The molecule has 2 N–H and O–H groups in total. The van der Waals surface area contributed by atoms with Gasteiger partial charge in [0, 0.05) is 6.42 Å². The zero-order chi connectivity index (χ0) is 11.9. The van der Waals surface area contributed by atoms with E-state index in [1.54, 1.807) is 6.92 Å². The summed E-state index contributed by atoms with van der Waals surface area (Å²) in [6.07, 6.45) is 5.85. The highest BCUT2D eigenvalue weighted by Gasteiger charge is 2.18. The molecule has 88 valence electrons. The molecule has 0 heterocycles. The summed E-state index contributed by atoms with van der Waals surface area (Å²) in [5, 5.41) is 0. The molecule has 0 unspecified atom stereocenters. The van der Waals surface area contributed by atoms with E-state index in [0.717, 1.165) is 12.0 Å². The normalized spacial score (nSPS) is 14.2. The van der Waals surface area contributed by atoms with Crippen molar-refractivity contribution in [2.24, 2.45) is 0 Å². The number of rotatable bonds is 6. The molecule has 0 rings (SSSR count). The van der Waals surface area contributed by atoms with Crippen LogP contribution in [0.15, 0.2) is 23.5 Å². The third kappa shape index (κ3) is 6.50. The largest absolute Gasteiger partial charge is 0.524 e. The summed E-state index contributed by atoms with van der Waals surface area (Å²) < 4.78 is 15.3. The number of hydrogen-bond acceptors (Lipinski definition) is 2. The summed E-state index contributed by atoms with van der Waals surface area (Å²) in [7, 11) is -4.43. The molecule has 0 aromatic heterocycles. The Kier molecular flexibility index (Phi) is 6.57. The standard InChI is InChI=1S/C10H19O4P/c1-4-7-8-9(5-2)10(6-3)14-15(11,12)13/h7-8H,4-6H2,1-3H3,(H2,11,12,13)/b8-7-,10-9+. The van der Waals surface area contributed by atoms with E-state index in [4.69, 9.17) is 9.79 Å². The van der Waals surface area contributed by atoms with Gasteiger partial charge in [0.1, 0.15) is 5.76 Å². The molecule has 15 heavy (non-hydrogen) atoms. The van der Waals surface area contributed by atoms with Crippen molar-refractivity contribution in [2.45, 2.75) is 40.0 Å². The first-order valence-electron chi connectivity index (χ1n) is 5.08. The SMILES string of the molecule is CC/C=C\C(CC)=C(/CC)OP(=O)(O)O. The van der Waals surface area contributed by atoms with Crippen LogP contribution in [-0.4, -0.2) is 9.79 Å². The lowest BCUT2D eigenvalue weighted by Gasteiger charge is -2.12. The Labute approximate surface area is 90.9 Å². The minimum absolute atomic E-state index is 0.371. The summed E-state index contributed by atoms with van der Waals surface area (Å²) in [6.45, 7) is 5.73. The van der Waals surface area contributed by atoms with Crippen molar-refractivity contribution >= 4 is 7.82 Å². The van der Waals surface area contributed by atoms with Crippen LogP contribution in [-0.2, 0) is 9.09 Å². The van der Waals surface area contributed by atoms with Gasteiger partial charge in [0.15, 0.2) is 0 Å². The fraction of sp³-hybridized carbons (Fsp3) is 0.600. The van der Waals surface area contributed by atoms with Gasteiger partial charge >= 0.3 is 7.82 Å². The fourth-order valence-corrected chi connectivity index (χ4v) is 1.70. The first-order valence-corrected chi connectivity index (χ1v) is 6.61. The number of phosphoric acid groups is 1. The highest BCUT2D eigenvalue weighted by Crippen LogP contribution is 2.40. The minimum Gasteiger partial charge on any atom is -0.409 e. The number of phosphoric ester groups is 1. The molecule has 0 atom stereocenters. The lowest BCUT2D eigenvalue weighted by Crippen LogP contribution is -1.93. The first-order chi connectivity index (χ1) is 6.94. The fourth-order valence-electron chi connectivity index (χ4n) is 1.16. The molecule has 0 aliphatic heterocycles. The quantitative estimate of drug-likeness (QED) is 0.421. The van der Waals surface area contributed by atoms with Crippen molar-refractivity contribution in [2.75, 3.05) is 0 Å². The van der Waals surface area contributed by atoms with Crippen LogP contribution in [0.25, 0.3) is 0 Å². The molecule has 0 aliphatic rings. The van der Waals surface area contributed by atoms with Gasteiger partial charge in [-0.25, -0.2) is 4.57 Å². The Hall–Kier alpha value is -0.570. The van der Waals surface area contributed by atoms with E-state index >= 15 is 0 Å². The second kappa shape index (κ2) is 6.83. The van der Waals surface area contributed by atoms with Crippen molar-refractivity contribution in [3.8, 4) is 0 Å². The van der Waals surface area contributed by atoms with Gasteiger partial charge in [0.25, 0.3) is 0 Å².